The second-order valence-corrected chi connectivity index (χ2v) is 17.4. The van der Waals surface area contributed by atoms with E-state index in [4.69, 9.17) is 0 Å². The zero-order chi connectivity index (χ0) is 14.1. The molecule has 0 saturated heterocycles. The van der Waals surface area contributed by atoms with E-state index in [1.54, 1.807) is 0 Å². The first-order valence-corrected chi connectivity index (χ1v) is 11.4. The highest BCUT2D eigenvalue weighted by molar-refractivity contribution is 14.3. The van der Waals surface area contributed by atoms with Crippen LogP contribution >= 0.6 is 67.8 Å². The number of rotatable bonds is 9. The molecule has 0 heterocycles. The molecule has 0 bridgehead atoms. The van der Waals surface area contributed by atoms with E-state index >= 15 is 0 Å². The van der Waals surface area contributed by atoms with E-state index in [1.807, 2.05) is 0 Å². The van der Waals surface area contributed by atoms with Gasteiger partial charge in [-0.2, -0.15) is 0 Å². The Bertz CT molecular complexity index is 217. The van der Waals surface area contributed by atoms with Gasteiger partial charge in [-0.15, -0.1) is 0 Å². The second-order valence-electron chi connectivity index (χ2n) is 6.10. The minimum Gasteiger partial charge on any atom is -0.0654 e. The Kier molecular flexibility index (Phi) is 11.0. The molecule has 1 atom stereocenters. The summed E-state index contributed by atoms with van der Waals surface area (Å²) in [6.45, 7) is 2.30. The van der Waals surface area contributed by atoms with Gasteiger partial charge in [0, 0.05) is 0 Å². The van der Waals surface area contributed by atoms with Crippen LogP contribution in [0.15, 0.2) is 0 Å². The van der Waals surface area contributed by atoms with E-state index in [9.17, 15) is 0 Å². The molecule has 0 aromatic carbocycles. The summed E-state index contributed by atoms with van der Waals surface area (Å²) in [6, 6.07) is 0. The maximum atomic E-state index is 2.69. The number of hydrogen-bond donors (Lipinski definition) is 0. The van der Waals surface area contributed by atoms with Crippen LogP contribution in [0, 0.1) is 11.8 Å². The first-order valence-electron chi connectivity index (χ1n) is 8.12. The zero-order valence-electron chi connectivity index (χ0n) is 12.3. The number of hydrogen-bond acceptors (Lipinski definition) is 0. The molecule has 114 valence electrons. The van der Waals surface area contributed by atoms with Crippen molar-refractivity contribution in [3.8, 4) is 0 Å². The van der Waals surface area contributed by atoms with Crippen LogP contribution in [-0.4, -0.2) is -0.565 Å². The molecule has 1 rings (SSSR count). The number of halogens is 3. The van der Waals surface area contributed by atoms with Gasteiger partial charge in [-0.05, 0) is 18.3 Å². The predicted octanol–water partition coefficient (Wildman–Crippen LogP) is 7.89. The molecule has 3 heteroatoms. The Hall–Kier alpha value is 2.19. The Morgan fingerprint density at radius 2 is 1.47 bits per heavy atom. The van der Waals surface area contributed by atoms with Crippen molar-refractivity contribution in [3.05, 3.63) is 0 Å². The summed E-state index contributed by atoms with van der Waals surface area (Å²) < 4.78 is 0.429. The Morgan fingerprint density at radius 3 is 2.05 bits per heavy atom. The first-order chi connectivity index (χ1) is 9.05. The molecule has 0 spiro atoms. The monoisotopic (exact) mass is 602 g/mol. The van der Waals surface area contributed by atoms with Crippen molar-refractivity contribution in [1.82, 2.24) is 0 Å². The molecule has 1 aliphatic carbocycles. The van der Waals surface area contributed by atoms with Crippen LogP contribution in [0.1, 0.15) is 84.0 Å². The molecular formula is C16H29I3. The fourth-order valence-corrected chi connectivity index (χ4v) is 5.81. The molecule has 1 fully saturated rings. The van der Waals surface area contributed by atoms with Gasteiger partial charge >= 0.3 is 0 Å². The van der Waals surface area contributed by atoms with Crippen LogP contribution in [0.25, 0.3) is 0 Å². The molecule has 19 heavy (non-hydrogen) atoms. The van der Waals surface area contributed by atoms with Gasteiger partial charge in [-0.3, -0.25) is 0 Å². The van der Waals surface area contributed by atoms with Crippen LogP contribution in [0.5, 0.6) is 0 Å². The molecule has 0 aliphatic heterocycles. The second kappa shape index (κ2) is 10.8. The van der Waals surface area contributed by atoms with Crippen molar-refractivity contribution in [3.63, 3.8) is 0 Å². The van der Waals surface area contributed by atoms with Crippen LogP contribution in [-0.2, 0) is 0 Å². The van der Waals surface area contributed by atoms with E-state index in [0.29, 0.717) is -0.565 Å². The van der Waals surface area contributed by atoms with Crippen LogP contribution in [0.4, 0.5) is 0 Å². The van der Waals surface area contributed by atoms with Gasteiger partial charge < -0.3 is 0 Å². The fourth-order valence-electron chi connectivity index (χ4n) is 3.35. The topological polar surface area (TPSA) is 0 Å². The minimum absolute atomic E-state index is 0.429. The third-order valence-corrected chi connectivity index (χ3v) is 6.91. The van der Waals surface area contributed by atoms with Crippen molar-refractivity contribution in [2.24, 2.45) is 11.8 Å². The normalized spacial score (nSPS) is 19.6. The average molecular weight is 602 g/mol. The third-order valence-electron chi connectivity index (χ3n) is 4.51. The highest BCUT2D eigenvalue weighted by Crippen LogP contribution is 2.51. The lowest BCUT2D eigenvalue weighted by Gasteiger charge is -2.36. The van der Waals surface area contributed by atoms with Crippen molar-refractivity contribution in [2.45, 2.75) is 83.4 Å². The summed E-state index contributed by atoms with van der Waals surface area (Å²) in [6.07, 6.45) is 17.5. The fraction of sp³-hybridized carbons (Fsp3) is 1.00. The third kappa shape index (κ3) is 8.41. The largest absolute Gasteiger partial charge is 0.127 e. The standard InChI is InChI=1S/C16H29I3/c1-2-3-4-5-6-10-13-15(16(17,18)19)14-11-8-7-9-12-14/h14-15H,2-13H2,1H3. The number of alkyl halides is 3. The molecule has 0 aromatic rings. The van der Waals surface area contributed by atoms with E-state index in [0.717, 1.165) is 11.8 Å². The average Bonchev–Trinajstić information content (AvgIpc) is 2.37. The van der Waals surface area contributed by atoms with Gasteiger partial charge in [-0.1, -0.05) is 145 Å². The molecule has 1 aliphatic rings. The van der Waals surface area contributed by atoms with Crippen molar-refractivity contribution >= 4 is 67.8 Å². The van der Waals surface area contributed by atoms with Crippen molar-refractivity contribution < 1.29 is 0 Å². The lowest BCUT2D eigenvalue weighted by molar-refractivity contribution is 0.247. The van der Waals surface area contributed by atoms with E-state index in [1.165, 1.54) is 77.0 Å². The van der Waals surface area contributed by atoms with Crippen LogP contribution in [0.3, 0.4) is 0 Å². The smallest absolute Gasteiger partial charge is 0.0654 e. The molecule has 1 unspecified atom stereocenters. The molecule has 0 N–H and O–H groups in total. The van der Waals surface area contributed by atoms with Gasteiger partial charge in [-0.25, -0.2) is 0 Å². The highest BCUT2D eigenvalue weighted by atomic mass is 127. The summed E-state index contributed by atoms with van der Waals surface area (Å²) in [5.41, 5.74) is 0. The van der Waals surface area contributed by atoms with E-state index in [2.05, 4.69) is 74.7 Å². The zero-order valence-corrected chi connectivity index (χ0v) is 18.7. The van der Waals surface area contributed by atoms with Gasteiger partial charge in [0.2, 0.25) is 0 Å². The summed E-state index contributed by atoms with van der Waals surface area (Å²) in [5, 5.41) is 0. The van der Waals surface area contributed by atoms with Gasteiger partial charge in [0.15, 0.2) is 0 Å². The summed E-state index contributed by atoms with van der Waals surface area (Å²) in [4.78, 5) is 0. The molecule has 0 nitrogen and oxygen atoms in total. The maximum Gasteiger partial charge on any atom is 0.127 e. The molecular weight excluding hydrogens is 573 g/mol. The van der Waals surface area contributed by atoms with Gasteiger partial charge in [0.1, 0.15) is -0.565 Å². The summed E-state index contributed by atoms with van der Waals surface area (Å²) in [5.74, 6) is 1.94. The highest BCUT2D eigenvalue weighted by Gasteiger charge is 2.36. The Labute approximate surface area is 161 Å². The number of unbranched alkanes of at least 4 members (excludes halogenated alkanes) is 5. The molecule has 0 aromatic heterocycles. The van der Waals surface area contributed by atoms with Crippen molar-refractivity contribution in [2.75, 3.05) is 0 Å². The minimum atomic E-state index is 0.429. The summed E-state index contributed by atoms with van der Waals surface area (Å²) in [7, 11) is 0. The Balaban J connectivity index is 2.29. The molecule has 0 radical (unpaired) electrons. The Morgan fingerprint density at radius 1 is 0.895 bits per heavy atom. The van der Waals surface area contributed by atoms with Crippen LogP contribution < -0.4 is 0 Å². The first kappa shape index (κ1) is 19.2. The SMILES string of the molecule is CCCCCCCCC(C1CCCCC1)C(I)(I)I. The quantitative estimate of drug-likeness (QED) is 0.143. The summed E-state index contributed by atoms with van der Waals surface area (Å²) >= 11 is 8.07. The van der Waals surface area contributed by atoms with Gasteiger partial charge in [0.25, 0.3) is 0 Å². The van der Waals surface area contributed by atoms with E-state index in [-0.39, 0.29) is 0 Å². The maximum absolute atomic E-state index is 2.69. The molecule has 0 amide bonds. The predicted molar refractivity (Wildman–Crippen MR) is 113 cm³/mol. The lowest BCUT2D eigenvalue weighted by atomic mass is 9.79. The van der Waals surface area contributed by atoms with E-state index < -0.39 is 0 Å². The van der Waals surface area contributed by atoms with Crippen molar-refractivity contribution in [1.29, 1.82) is 0 Å². The van der Waals surface area contributed by atoms with Crippen LogP contribution in [0.2, 0.25) is 0 Å². The van der Waals surface area contributed by atoms with Gasteiger partial charge in [0.05, 0.1) is 0 Å². The molecule has 1 saturated carbocycles. The lowest BCUT2D eigenvalue weighted by Crippen LogP contribution is -2.28.